The van der Waals surface area contributed by atoms with E-state index >= 15 is 0 Å². The van der Waals surface area contributed by atoms with Crippen molar-refractivity contribution in [3.05, 3.63) is 24.3 Å². The summed E-state index contributed by atoms with van der Waals surface area (Å²) in [5, 5.41) is 17.1. The number of nitrogens with zero attached hydrogens (tertiary/aromatic N) is 3. The van der Waals surface area contributed by atoms with Crippen molar-refractivity contribution in [2.45, 2.75) is 17.7 Å². The molecule has 0 amide bonds. The number of hydrogen-bond acceptors (Lipinski definition) is 7. The first-order valence-corrected chi connectivity index (χ1v) is 7.88. The van der Waals surface area contributed by atoms with Crippen molar-refractivity contribution in [1.82, 2.24) is 0 Å². The van der Waals surface area contributed by atoms with Crippen LogP contribution in [0.2, 0.25) is 0 Å². The molecule has 8 nitrogen and oxygen atoms in total. The Kier molecular flexibility index (Phi) is 3.22. The van der Waals surface area contributed by atoms with Crippen LogP contribution in [0, 0.1) is 5.92 Å². The predicted molar refractivity (Wildman–Crippen MR) is 80.7 cm³/mol. The zero-order chi connectivity index (χ0) is 15.0. The van der Waals surface area contributed by atoms with Gasteiger partial charge in [0.2, 0.25) is 10.0 Å². The van der Waals surface area contributed by atoms with Crippen molar-refractivity contribution < 1.29 is 8.42 Å². The zero-order valence-electron chi connectivity index (χ0n) is 11.0. The molecule has 1 fully saturated rings. The summed E-state index contributed by atoms with van der Waals surface area (Å²) in [6.07, 6.45) is 2.11. The maximum absolute atomic E-state index is 11.3. The van der Waals surface area contributed by atoms with E-state index in [1.54, 1.807) is 12.1 Å². The summed E-state index contributed by atoms with van der Waals surface area (Å²) in [4.78, 5) is 0.0110. The van der Waals surface area contributed by atoms with Crippen LogP contribution >= 0.6 is 0 Å². The van der Waals surface area contributed by atoms with Gasteiger partial charge in [-0.3, -0.25) is 5.43 Å². The molecule has 3 rings (SSSR count). The number of benzene rings is 1. The number of nitrogens with two attached hydrogens (primary N) is 2. The van der Waals surface area contributed by atoms with Gasteiger partial charge in [0.1, 0.15) is 0 Å². The summed E-state index contributed by atoms with van der Waals surface area (Å²) >= 11 is 0. The van der Waals surface area contributed by atoms with E-state index in [0.717, 1.165) is 18.6 Å². The normalized spacial score (nSPS) is 20.3. The summed E-state index contributed by atoms with van der Waals surface area (Å²) in [6, 6.07) is 6.06. The Morgan fingerprint density at radius 1 is 1.29 bits per heavy atom. The molecular formula is C12H14N6O2S. The summed E-state index contributed by atoms with van der Waals surface area (Å²) in [5.41, 5.74) is 10.3. The van der Waals surface area contributed by atoms with Crippen LogP contribution in [0.15, 0.2) is 44.5 Å². The maximum atomic E-state index is 11.3. The molecule has 0 unspecified atom stereocenters. The Labute approximate surface area is 121 Å². The van der Waals surface area contributed by atoms with Crippen LogP contribution in [0.25, 0.3) is 0 Å². The first kappa shape index (κ1) is 13.7. The lowest BCUT2D eigenvalue weighted by Gasteiger charge is -2.05. The van der Waals surface area contributed by atoms with Gasteiger partial charge in [-0.1, -0.05) is 6.07 Å². The minimum Gasteiger partial charge on any atom is -0.380 e. The smallest absolute Gasteiger partial charge is 0.238 e. The molecule has 0 saturated heterocycles. The largest absolute Gasteiger partial charge is 0.380 e. The van der Waals surface area contributed by atoms with Crippen LogP contribution in [0.5, 0.6) is 0 Å². The minimum absolute atomic E-state index is 0.0110. The first-order chi connectivity index (χ1) is 9.95. The van der Waals surface area contributed by atoms with Gasteiger partial charge < -0.3 is 5.73 Å². The molecule has 5 N–H and O–H groups in total. The molecule has 1 aliphatic carbocycles. The van der Waals surface area contributed by atoms with E-state index in [4.69, 9.17) is 10.9 Å². The average Bonchev–Trinajstić information content (AvgIpc) is 3.20. The molecule has 0 bridgehead atoms. The van der Waals surface area contributed by atoms with Crippen molar-refractivity contribution in [2.24, 2.45) is 32.1 Å². The molecule has 0 atom stereocenters. The number of hydrogen-bond donors (Lipinski definition) is 3. The molecular weight excluding hydrogens is 292 g/mol. The Hall–Kier alpha value is -2.26. The SMILES string of the molecule is NC1=NN=C(C2CC2)/C1=N\Nc1cccc(S(N)(=O)=O)c1. The molecule has 2 aliphatic rings. The van der Waals surface area contributed by atoms with Crippen LogP contribution in [-0.4, -0.2) is 25.7 Å². The fourth-order valence-electron chi connectivity index (χ4n) is 1.94. The van der Waals surface area contributed by atoms with Gasteiger partial charge in [-0.15, -0.1) is 5.10 Å². The second-order valence-electron chi connectivity index (χ2n) is 4.89. The number of rotatable bonds is 4. The molecule has 9 heteroatoms. The third kappa shape index (κ3) is 2.93. The number of amidine groups is 1. The van der Waals surface area contributed by atoms with Crippen LogP contribution in [0.4, 0.5) is 5.69 Å². The summed E-state index contributed by atoms with van der Waals surface area (Å²) in [6.45, 7) is 0. The second-order valence-corrected chi connectivity index (χ2v) is 6.45. The standard InChI is InChI=1S/C12H14N6O2S/c13-12-11(10(16-18-12)7-4-5-7)17-15-8-2-1-3-9(6-8)21(14,19)20/h1-3,6-7,15H,4-5H2,(H2,13,17,18)(H2,14,19,20). The lowest BCUT2D eigenvalue weighted by atomic mass is 10.1. The quantitative estimate of drug-likeness (QED) is 0.686. The number of nitrogens with one attached hydrogen (secondary N) is 1. The van der Waals surface area contributed by atoms with Gasteiger partial charge in [0.25, 0.3) is 0 Å². The van der Waals surface area contributed by atoms with Crippen molar-refractivity contribution in [2.75, 3.05) is 5.43 Å². The topological polar surface area (TPSA) is 135 Å². The maximum Gasteiger partial charge on any atom is 0.238 e. The van der Waals surface area contributed by atoms with E-state index in [-0.39, 0.29) is 10.7 Å². The van der Waals surface area contributed by atoms with Gasteiger partial charge in [-0.05, 0) is 31.0 Å². The first-order valence-electron chi connectivity index (χ1n) is 6.33. The van der Waals surface area contributed by atoms with Gasteiger partial charge >= 0.3 is 0 Å². The fraction of sp³-hybridized carbons (Fsp3) is 0.250. The molecule has 0 aromatic heterocycles. The summed E-state index contributed by atoms with van der Waals surface area (Å²) < 4.78 is 22.6. The number of sulfonamides is 1. The Morgan fingerprint density at radius 3 is 2.71 bits per heavy atom. The van der Waals surface area contributed by atoms with Crippen molar-refractivity contribution in [1.29, 1.82) is 0 Å². The second kappa shape index (κ2) is 4.93. The van der Waals surface area contributed by atoms with E-state index in [1.165, 1.54) is 12.1 Å². The fourth-order valence-corrected chi connectivity index (χ4v) is 2.50. The van der Waals surface area contributed by atoms with Crippen LogP contribution in [-0.2, 0) is 10.0 Å². The van der Waals surface area contributed by atoms with Gasteiger partial charge in [-0.25, -0.2) is 13.6 Å². The van der Waals surface area contributed by atoms with E-state index in [2.05, 4.69) is 20.7 Å². The molecule has 1 aromatic carbocycles. The van der Waals surface area contributed by atoms with Crippen LogP contribution in [0.3, 0.4) is 0 Å². The minimum atomic E-state index is -3.75. The number of primary sulfonamides is 1. The lowest BCUT2D eigenvalue weighted by molar-refractivity contribution is 0.598. The van der Waals surface area contributed by atoms with Gasteiger partial charge in [0.15, 0.2) is 11.5 Å². The summed E-state index contributed by atoms with van der Waals surface area (Å²) in [5.74, 6) is 0.623. The van der Waals surface area contributed by atoms with E-state index in [9.17, 15) is 8.42 Å². The van der Waals surface area contributed by atoms with Gasteiger partial charge in [0.05, 0.1) is 16.3 Å². The molecule has 0 spiro atoms. The van der Waals surface area contributed by atoms with Crippen molar-refractivity contribution >= 4 is 33.0 Å². The number of anilines is 1. The predicted octanol–water partition coefficient (Wildman–Crippen LogP) is 0.239. The molecule has 21 heavy (non-hydrogen) atoms. The van der Waals surface area contributed by atoms with Crippen molar-refractivity contribution in [3.8, 4) is 0 Å². The van der Waals surface area contributed by atoms with E-state index in [1.807, 2.05) is 0 Å². The van der Waals surface area contributed by atoms with Gasteiger partial charge in [0, 0.05) is 5.92 Å². The molecule has 110 valence electrons. The van der Waals surface area contributed by atoms with Crippen LogP contribution < -0.4 is 16.3 Å². The van der Waals surface area contributed by atoms with Crippen molar-refractivity contribution in [3.63, 3.8) is 0 Å². The monoisotopic (exact) mass is 306 g/mol. The third-order valence-corrected chi connectivity index (χ3v) is 4.09. The zero-order valence-corrected chi connectivity index (χ0v) is 11.8. The highest BCUT2D eigenvalue weighted by atomic mass is 32.2. The van der Waals surface area contributed by atoms with Crippen LogP contribution in [0.1, 0.15) is 12.8 Å². The molecule has 1 heterocycles. The molecule has 1 aromatic rings. The Balaban J connectivity index is 1.82. The highest BCUT2D eigenvalue weighted by Gasteiger charge is 2.35. The van der Waals surface area contributed by atoms with Gasteiger partial charge in [-0.2, -0.15) is 10.2 Å². The van der Waals surface area contributed by atoms with E-state index < -0.39 is 10.0 Å². The number of hydrazone groups is 1. The third-order valence-electron chi connectivity index (χ3n) is 3.17. The Bertz CT molecular complexity index is 777. The lowest BCUT2D eigenvalue weighted by Crippen LogP contribution is -2.29. The molecule has 0 radical (unpaired) electrons. The van der Waals surface area contributed by atoms with E-state index in [0.29, 0.717) is 17.3 Å². The Morgan fingerprint density at radius 2 is 2.05 bits per heavy atom. The summed E-state index contributed by atoms with van der Waals surface area (Å²) in [7, 11) is -3.75. The molecule has 1 saturated carbocycles. The highest BCUT2D eigenvalue weighted by Crippen LogP contribution is 2.32. The highest BCUT2D eigenvalue weighted by molar-refractivity contribution is 7.89. The average molecular weight is 306 g/mol. The molecule has 1 aliphatic heterocycles.